The molecule has 1 N–H and O–H groups in total. The van der Waals surface area contributed by atoms with Gasteiger partial charge in [-0.2, -0.15) is 0 Å². The van der Waals surface area contributed by atoms with Crippen molar-refractivity contribution in [2.75, 3.05) is 11.9 Å². The maximum absolute atomic E-state index is 13.8. The number of para-hydroxylation sites is 1. The third-order valence-corrected chi connectivity index (χ3v) is 5.41. The number of halogens is 1. The lowest BCUT2D eigenvalue weighted by Gasteiger charge is -2.36. The number of carbonyl (C=O) groups is 1. The van der Waals surface area contributed by atoms with Gasteiger partial charge in [0, 0.05) is 17.1 Å². The largest absolute Gasteiger partial charge is 0.322 e. The second-order valence-corrected chi connectivity index (χ2v) is 7.00. The molecule has 0 aliphatic carbocycles. The van der Waals surface area contributed by atoms with Crippen LogP contribution in [0.3, 0.4) is 0 Å². The van der Waals surface area contributed by atoms with Crippen molar-refractivity contribution in [1.82, 2.24) is 4.90 Å². The van der Waals surface area contributed by atoms with E-state index in [1.807, 2.05) is 47.8 Å². The van der Waals surface area contributed by atoms with Crippen molar-refractivity contribution in [3.63, 3.8) is 0 Å². The van der Waals surface area contributed by atoms with Gasteiger partial charge in [-0.3, -0.25) is 0 Å². The van der Waals surface area contributed by atoms with Crippen molar-refractivity contribution in [3.8, 4) is 0 Å². The first-order chi connectivity index (χ1) is 12.2. The Hall–Kier alpha value is -2.66. The third kappa shape index (κ3) is 3.15. The number of nitrogens with zero attached hydrogens (tertiary/aromatic N) is 1. The van der Waals surface area contributed by atoms with Crippen LogP contribution in [0.25, 0.3) is 0 Å². The van der Waals surface area contributed by atoms with Gasteiger partial charge in [-0.1, -0.05) is 30.3 Å². The molecule has 3 nitrogen and oxygen atoms in total. The van der Waals surface area contributed by atoms with Crippen LogP contribution in [0.5, 0.6) is 0 Å². The zero-order valence-electron chi connectivity index (χ0n) is 13.5. The Balaban J connectivity index is 1.69. The van der Waals surface area contributed by atoms with E-state index in [0.29, 0.717) is 6.54 Å². The second kappa shape index (κ2) is 6.69. The Labute approximate surface area is 149 Å². The molecule has 126 valence electrons. The maximum Gasteiger partial charge on any atom is 0.322 e. The highest BCUT2D eigenvalue weighted by Gasteiger charge is 2.33. The number of thiophene rings is 1. The van der Waals surface area contributed by atoms with Crippen LogP contribution in [0.2, 0.25) is 0 Å². The fourth-order valence-corrected chi connectivity index (χ4v) is 4.19. The smallest absolute Gasteiger partial charge is 0.313 e. The van der Waals surface area contributed by atoms with Crippen LogP contribution < -0.4 is 5.32 Å². The number of nitrogens with one attached hydrogen (secondary N) is 1. The summed E-state index contributed by atoms with van der Waals surface area (Å²) in [6.45, 7) is 0.605. The highest BCUT2D eigenvalue weighted by molar-refractivity contribution is 7.10. The predicted molar refractivity (Wildman–Crippen MR) is 98.4 cm³/mol. The number of urea groups is 1. The highest BCUT2D eigenvalue weighted by atomic mass is 32.1. The molecule has 0 saturated heterocycles. The molecule has 25 heavy (non-hydrogen) atoms. The molecule has 0 spiro atoms. The lowest BCUT2D eigenvalue weighted by atomic mass is 9.93. The maximum atomic E-state index is 13.8. The normalized spacial score (nSPS) is 16.4. The first kappa shape index (κ1) is 15.8. The summed E-state index contributed by atoms with van der Waals surface area (Å²) in [6, 6.07) is 17.5. The molecule has 2 amide bonds. The van der Waals surface area contributed by atoms with Gasteiger partial charge in [0.1, 0.15) is 5.82 Å². The zero-order valence-corrected chi connectivity index (χ0v) is 14.3. The molecule has 0 fully saturated rings. The van der Waals surface area contributed by atoms with Crippen molar-refractivity contribution in [2.24, 2.45) is 0 Å². The zero-order chi connectivity index (χ0) is 17.2. The standard InChI is InChI=1S/C20H17FN2OS/c21-15-6-4-5-14(13-15)19-17-10-12-25-18(17)9-11-23(19)20(24)22-16-7-2-1-3-8-16/h1-8,10,12-13,19H,9,11H2,(H,22,24). The Morgan fingerprint density at radius 1 is 1.12 bits per heavy atom. The summed E-state index contributed by atoms with van der Waals surface area (Å²) in [5.74, 6) is -0.289. The summed E-state index contributed by atoms with van der Waals surface area (Å²) in [4.78, 5) is 15.9. The number of hydrogen-bond acceptors (Lipinski definition) is 2. The molecule has 4 rings (SSSR count). The number of carbonyl (C=O) groups excluding carboxylic acids is 1. The number of fused-ring (bicyclic) bond motifs is 1. The van der Waals surface area contributed by atoms with Crippen LogP contribution in [-0.2, 0) is 6.42 Å². The Bertz CT molecular complexity index is 893. The molecule has 0 radical (unpaired) electrons. The molecule has 0 saturated carbocycles. The van der Waals surface area contributed by atoms with Crippen LogP contribution in [0.4, 0.5) is 14.9 Å². The van der Waals surface area contributed by atoms with E-state index in [1.165, 1.54) is 17.0 Å². The molecule has 2 aromatic carbocycles. The van der Waals surface area contributed by atoms with Crippen LogP contribution in [-0.4, -0.2) is 17.5 Å². The second-order valence-electron chi connectivity index (χ2n) is 6.00. The summed E-state index contributed by atoms with van der Waals surface area (Å²) in [5, 5.41) is 4.98. The first-order valence-electron chi connectivity index (χ1n) is 8.17. The molecule has 3 aromatic rings. The minimum absolute atomic E-state index is 0.169. The molecule has 1 aliphatic heterocycles. The van der Waals surface area contributed by atoms with Gasteiger partial charge in [0.25, 0.3) is 0 Å². The van der Waals surface area contributed by atoms with E-state index in [4.69, 9.17) is 0 Å². The highest BCUT2D eigenvalue weighted by Crippen LogP contribution is 2.38. The van der Waals surface area contributed by atoms with Gasteiger partial charge in [-0.25, -0.2) is 9.18 Å². The van der Waals surface area contributed by atoms with E-state index < -0.39 is 0 Å². The summed E-state index contributed by atoms with van der Waals surface area (Å²) in [7, 11) is 0. The van der Waals surface area contributed by atoms with Crippen LogP contribution in [0.1, 0.15) is 22.0 Å². The van der Waals surface area contributed by atoms with E-state index >= 15 is 0 Å². The van der Waals surface area contributed by atoms with E-state index in [-0.39, 0.29) is 17.9 Å². The van der Waals surface area contributed by atoms with Crippen LogP contribution in [0.15, 0.2) is 66.0 Å². The molecule has 1 aliphatic rings. The Morgan fingerprint density at radius 3 is 2.76 bits per heavy atom. The van der Waals surface area contributed by atoms with Crippen molar-refractivity contribution in [3.05, 3.63) is 87.9 Å². The SMILES string of the molecule is O=C(Nc1ccccc1)N1CCc2sccc2C1c1cccc(F)c1. The van der Waals surface area contributed by atoms with Gasteiger partial charge in [0.15, 0.2) is 0 Å². The summed E-state index contributed by atoms with van der Waals surface area (Å²) >= 11 is 1.69. The van der Waals surface area contributed by atoms with Gasteiger partial charge < -0.3 is 10.2 Å². The van der Waals surface area contributed by atoms with Crippen molar-refractivity contribution in [2.45, 2.75) is 12.5 Å². The Morgan fingerprint density at radius 2 is 1.96 bits per heavy atom. The van der Waals surface area contributed by atoms with Crippen molar-refractivity contribution in [1.29, 1.82) is 0 Å². The van der Waals surface area contributed by atoms with Crippen LogP contribution in [0, 0.1) is 5.82 Å². The van der Waals surface area contributed by atoms with E-state index in [9.17, 15) is 9.18 Å². The van der Waals surface area contributed by atoms with E-state index in [2.05, 4.69) is 5.32 Å². The molecule has 1 atom stereocenters. The summed E-state index contributed by atoms with van der Waals surface area (Å²) < 4.78 is 13.8. The third-order valence-electron chi connectivity index (χ3n) is 4.42. The van der Waals surface area contributed by atoms with Crippen molar-refractivity contribution >= 4 is 23.1 Å². The average molecular weight is 352 g/mol. The van der Waals surface area contributed by atoms with Crippen molar-refractivity contribution < 1.29 is 9.18 Å². The molecular formula is C20H17FN2OS. The number of amides is 2. The lowest BCUT2D eigenvalue weighted by Crippen LogP contribution is -2.42. The molecule has 0 bridgehead atoms. The monoisotopic (exact) mass is 352 g/mol. The van der Waals surface area contributed by atoms with Gasteiger partial charge in [-0.15, -0.1) is 11.3 Å². The molecule has 5 heteroatoms. The fourth-order valence-electron chi connectivity index (χ4n) is 3.29. The van der Waals surface area contributed by atoms with Gasteiger partial charge in [-0.05, 0) is 53.3 Å². The molecule has 1 unspecified atom stereocenters. The minimum Gasteiger partial charge on any atom is -0.313 e. The van der Waals surface area contributed by atoms with E-state index in [0.717, 1.165) is 23.2 Å². The quantitative estimate of drug-likeness (QED) is 0.686. The van der Waals surface area contributed by atoms with Gasteiger partial charge >= 0.3 is 6.03 Å². The van der Waals surface area contributed by atoms with Gasteiger partial charge in [0.2, 0.25) is 0 Å². The summed E-state index contributed by atoms with van der Waals surface area (Å²) in [5.41, 5.74) is 2.63. The first-order valence-corrected chi connectivity index (χ1v) is 9.05. The molecule has 1 aromatic heterocycles. The van der Waals surface area contributed by atoms with E-state index in [1.54, 1.807) is 22.3 Å². The number of benzene rings is 2. The minimum atomic E-state index is -0.289. The fraction of sp³-hybridized carbons (Fsp3) is 0.150. The Kier molecular flexibility index (Phi) is 4.24. The molecule has 2 heterocycles. The predicted octanol–water partition coefficient (Wildman–Crippen LogP) is 5.07. The molecular weight excluding hydrogens is 335 g/mol. The number of hydrogen-bond donors (Lipinski definition) is 1. The topological polar surface area (TPSA) is 32.3 Å². The summed E-state index contributed by atoms with van der Waals surface area (Å²) in [6.07, 6.45) is 0.820. The lowest BCUT2D eigenvalue weighted by molar-refractivity contribution is 0.194. The number of rotatable bonds is 2. The van der Waals surface area contributed by atoms with Crippen LogP contribution >= 0.6 is 11.3 Å². The number of anilines is 1. The average Bonchev–Trinajstić information content (AvgIpc) is 3.10. The van der Waals surface area contributed by atoms with Gasteiger partial charge in [0.05, 0.1) is 6.04 Å².